The van der Waals surface area contributed by atoms with E-state index in [0.29, 0.717) is 0 Å². The van der Waals surface area contributed by atoms with Crippen molar-refractivity contribution in [3.8, 4) is 0 Å². The predicted molar refractivity (Wildman–Crippen MR) is 66.8 cm³/mol. The molecule has 0 N–H and O–H groups in total. The summed E-state index contributed by atoms with van der Waals surface area (Å²) in [4.78, 5) is 2.49. The fraction of sp³-hybridized carbons (Fsp3) is 0. The largest absolute Gasteiger partial charge is 0.464 e. The molecule has 0 aliphatic heterocycles. The Hall–Kier alpha value is -1.67. The van der Waals surface area contributed by atoms with Crippen molar-refractivity contribution in [1.29, 1.82) is 0 Å². The van der Waals surface area contributed by atoms with Gasteiger partial charge in [0.2, 0.25) is 0 Å². The van der Waals surface area contributed by atoms with E-state index in [1.807, 2.05) is 18.2 Å². The Morgan fingerprint density at radius 3 is 2.56 bits per heavy atom. The Bertz CT molecular complexity index is 598. The third-order valence-electron chi connectivity index (χ3n) is 2.40. The predicted octanol–water partition coefficient (Wildman–Crippen LogP) is 4.58. The van der Waals surface area contributed by atoms with Crippen LogP contribution in [0.1, 0.15) is 0 Å². The molecule has 2 heteroatoms. The summed E-state index contributed by atoms with van der Waals surface area (Å²) < 4.78 is 5.31. The van der Waals surface area contributed by atoms with Crippen molar-refractivity contribution >= 4 is 22.7 Å². The first-order chi connectivity index (χ1) is 7.92. The molecule has 0 saturated heterocycles. The van der Waals surface area contributed by atoms with Gasteiger partial charge in [0.1, 0.15) is 5.58 Å². The standard InChI is InChI=1S/C14H10OS/c1-2-4-12(5-3-1)16-13-6-7-14-11(10-13)8-9-15-14/h1-10H. The minimum atomic E-state index is 0.942. The molecule has 2 aromatic carbocycles. The molecule has 1 heterocycles. The number of fused-ring (bicyclic) bond motifs is 1. The van der Waals surface area contributed by atoms with Gasteiger partial charge in [-0.2, -0.15) is 0 Å². The zero-order valence-corrected chi connectivity index (χ0v) is 9.41. The Morgan fingerprint density at radius 2 is 1.69 bits per heavy atom. The first-order valence-electron chi connectivity index (χ1n) is 5.12. The second kappa shape index (κ2) is 4.06. The molecule has 1 nitrogen and oxygen atoms in total. The SMILES string of the molecule is c1ccc(Sc2ccc3occc3c2)cc1. The summed E-state index contributed by atoms with van der Waals surface area (Å²) in [5.41, 5.74) is 0.942. The van der Waals surface area contributed by atoms with Crippen molar-refractivity contribution in [3.05, 3.63) is 60.9 Å². The van der Waals surface area contributed by atoms with Gasteiger partial charge in [0.05, 0.1) is 6.26 Å². The van der Waals surface area contributed by atoms with Gasteiger partial charge in [-0.15, -0.1) is 0 Å². The van der Waals surface area contributed by atoms with Crippen molar-refractivity contribution in [2.24, 2.45) is 0 Å². The van der Waals surface area contributed by atoms with Gasteiger partial charge in [0.15, 0.2) is 0 Å². The van der Waals surface area contributed by atoms with Crippen LogP contribution in [0.3, 0.4) is 0 Å². The molecule has 78 valence electrons. The zero-order valence-electron chi connectivity index (χ0n) is 8.59. The Balaban J connectivity index is 1.94. The Morgan fingerprint density at radius 1 is 0.812 bits per heavy atom. The van der Waals surface area contributed by atoms with Gasteiger partial charge in [0, 0.05) is 15.2 Å². The minimum absolute atomic E-state index is 0.942. The highest BCUT2D eigenvalue weighted by Gasteiger charge is 2.00. The van der Waals surface area contributed by atoms with Gasteiger partial charge in [-0.3, -0.25) is 0 Å². The number of hydrogen-bond acceptors (Lipinski definition) is 2. The second-order valence-electron chi connectivity index (χ2n) is 3.54. The highest BCUT2D eigenvalue weighted by Crippen LogP contribution is 2.30. The summed E-state index contributed by atoms with van der Waals surface area (Å²) in [5, 5.41) is 1.15. The summed E-state index contributed by atoms with van der Waals surface area (Å²) >= 11 is 1.76. The molecule has 0 bridgehead atoms. The monoisotopic (exact) mass is 226 g/mol. The third kappa shape index (κ3) is 1.84. The zero-order chi connectivity index (χ0) is 10.8. The topological polar surface area (TPSA) is 13.1 Å². The molecule has 0 unspecified atom stereocenters. The van der Waals surface area contributed by atoms with Crippen molar-refractivity contribution in [2.45, 2.75) is 9.79 Å². The summed E-state index contributed by atoms with van der Waals surface area (Å²) in [6.45, 7) is 0. The van der Waals surface area contributed by atoms with Gasteiger partial charge in [0.25, 0.3) is 0 Å². The van der Waals surface area contributed by atoms with Crippen molar-refractivity contribution in [2.75, 3.05) is 0 Å². The van der Waals surface area contributed by atoms with Crippen LogP contribution in [0.5, 0.6) is 0 Å². The van der Waals surface area contributed by atoms with E-state index >= 15 is 0 Å². The summed E-state index contributed by atoms with van der Waals surface area (Å²) in [5.74, 6) is 0. The molecule has 0 saturated carbocycles. The lowest BCUT2D eigenvalue weighted by molar-refractivity contribution is 0.615. The minimum Gasteiger partial charge on any atom is -0.464 e. The number of hydrogen-bond donors (Lipinski definition) is 0. The molecule has 1 aromatic heterocycles. The first-order valence-corrected chi connectivity index (χ1v) is 5.94. The maximum atomic E-state index is 5.31. The fourth-order valence-corrected chi connectivity index (χ4v) is 2.52. The van der Waals surface area contributed by atoms with Crippen LogP contribution in [0.15, 0.2) is 75.1 Å². The summed E-state index contributed by atoms with van der Waals surface area (Å²) in [7, 11) is 0. The molecule has 3 rings (SSSR count). The highest BCUT2D eigenvalue weighted by molar-refractivity contribution is 7.99. The molecule has 3 aromatic rings. The lowest BCUT2D eigenvalue weighted by Crippen LogP contribution is -1.72. The van der Waals surface area contributed by atoms with Crippen LogP contribution in [0.25, 0.3) is 11.0 Å². The van der Waals surface area contributed by atoms with E-state index in [2.05, 4.69) is 36.4 Å². The molecule has 0 spiro atoms. The van der Waals surface area contributed by atoms with Crippen LogP contribution in [0.4, 0.5) is 0 Å². The summed E-state index contributed by atoms with van der Waals surface area (Å²) in [6.07, 6.45) is 1.72. The molecule has 0 amide bonds. The van der Waals surface area contributed by atoms with Crippen molar-refractivity contribution < 1.29 is 4.42 Å². The maximum Gasteiger partial charge on any atom is 0.133 e. The molecule has 0 fully saturated rings. The molecular formula is C14H10OS. The van der Waals surface area contributed by atoms with E-state index in [1.54, 1.807) is 18.0 Å². The quantitative estimate of drug-likeness (QED) is 0.634. The van der Waals surface area contributed by atoms with Gasteiger partial charge in [-0.1, -0.05) is 30.0 Å². The van der Waals surface area contributed by atoms with E-state index in [4.69, 9.17) is 4.42 Å². The average molecular weight is 226 g/mol. The normalized spacial score (nSPS) is 10.8. The lowest BCUT2D eigenvalue weighted by Gasteiger charge is -2.00. The van der Waals surface area contributed by atoms with Gasteiger partial charge >= 0.3 is 0 Å². The van der Waals surface area contributed by atoms with E-state index in [9.17, 15) is 0 Å². The van der Waals surface area contributed by atoms with Gasteiger partial charge < -0.3 is 4.42 Å². The fourth-order valence-electron chi connectivity index (χ4n) is 1.63. The van der Waals surface area contributed by atoms with Crippen LogP contribution >= 0.6 is 11.8 Å². The lowest BCUT2D eigenvalue weighted by atomic mass is 10.3. The van der Waals surface area contributed by atoms with Gasteiger partial charge in [-0.05, 0) is 36.4 Å². The van der Waals surface area contributed by atoms with E-state index < -0.39 is 0 Å². The second-order valence-corrected chi connectivity index (χ2v) is 4.68. The maximum absolute atomic E-state index is 5.31. The van der Waals surface area contributed by atoms with Gasteiger partial charge in [-0.25, -0.2) is 0 Å². The molecular weight excluding hydrogens is 216 g/mol. The highest BCUT2D eigenvalue weighted by atomic mass is 32.2. The number of benzene rings is 2. The van der Waals surface area contributed by atoms with Crippen LogP contribution in [0.2, 0.25) is 0 Å². The van der Waals surface area contributed by atoms with Crippen molar-refractivity contribution in [3.63, 3.8) is 0 Å². The average Bonchev–Trinajstić information content (AvgIpc) is 2.77. The number of rotatable bonds is 2. The van der Waals surface area contributed by atoms with E-state index in [0.717, 1.165) is 11.0 Å². The summed E-state index contributed by atoms with van der Waals surface area (Å²) in [6, 6.07) is 18.6. The van der Waals surface area contributed by atoms with Crippen LogP contribution in [-0.4, -0.2) is 0 Å². The van der Waals surface area contributed by atoms with E-state index in [-0.39, 0.29) is 0 Å². The van der Waals surface area contributed by atoms with Crippen LogP contribution in [-0.2, 0) is 0 Å². The molecule has 0 aliphatic carbocycles. The van der Waals surface area contributed by atoms with E-state index in [1.165, 1.54) is 9.79 Å². The third-order valence-corrected chi connectivity index (χ3v) is 3.40. The Kier molecular flexibility index (Phi) is 2.43. The van der Waals surface area contributed by atoms with Crippen LogP contribution < -0.4 is 0 Å². The van der Waals surface area contributed by atoms with Crippen LogP contribution in [0, 0.1) is 0 Å². The first kappa shape index (κ1) is 9.55. The number of furan rings is 1. The molecule has 0 atom stereocenters. The Labute approximate surface area is 98.1 Å². The molecule has 16 heavy (non-hydrogen) atoms. The van der Waals surface area contributed by atoms with Crippen molar-refractivity contribution in [1.82, 2.24) is 0 Å². The smallest absolute Gasteiger partial charge is 0.133 e. The molecule has 0 radical (unpaired) electrons. The molecule has 0 aliphatic rings.